The van der Waals surface area contributed by atoms with Crippen LogP contribution in [-0.4, -0.2) is 36.8 Å². The number of carboxylic acid groups (broad SMARTS) is 1. The second kappa shape index (κ2) is 12.1. The molecule has 0 fully saturated rings. The van der Waals surface area contributed by atoms with E-state index in [0.717, 1.165) is 11.3 Å². The highest BCUT2D eigenvalue weighted by molar-refractivity contribution is 5.86. The lowest BCUT2D eigenvalue weighted by Crippen LogP contribution is -2.37. The summed E-state index contributed by atoms with van der Waals surface area (Å²) in [6.07, 6.45) is 0.173. The third-order valence-electron chi connectivity index (χ3n) is 5.70. The highest BCUT2D eigenvalue weighted by Crippen LogP contribution is 2.35. The van der Waals surface area contributed by atoms with E-state index in [4.69, 9.17) is 14.2 Å². The van der Waals surface area contributed by atoms with Crippen molar-refractivity contribution in [2.24, 2.45) is 11.8 Å². The number of fused-ring (bicyclic) bond motifs is 1. The summed E-state index contributed by atoms with van der Waals surface area (Å²) < 4.78 is 15.8. The summed E-state index contributed by atoms with van der Waals surface area (Å²) in [6, 6.07) is 11.7. The summed E-state index contributed by atoms with van der Waals surface area (Å²) in [5, 5.41) is 15.1. The predicted octanol–water partition coefficient (Wildman–Crippen LogP) is 3.42. The molecule has 188 valence electrons. The number of hydrogen-bond donors (Lipinski definition) is 3. The molecule has 9 heteroatoms. The number of carboxylic acids is 1. The fraction of sp³-hybridized carbons (Fsp3) is 0.423. The molecule has 0 radical (unpaired) electrons. The van der Waals surface area contributed by atoms with Crippen LogP contribution in [-0.2, 0) is 20.9 Å². The van der Waals surface area contributed by atoms with Crippen LogP contribution in [0.5, 0.6) is 17.2 Å². The van der Waals surface area contributed by atoms with E-state index in [1.54, 1.807) is 25.3 Å². The average molecular weight is 485 g/mol. The summed E-state index contributed by atoms with van der Waals surface area (Å²) in [6.45, 7) is 4.40. The molecule has 1 unspecified atom stereocenters. The predicted molar refractivity (Wildman–Crippen MR) is 128 cm³/mol. The van der Waals surface area contributed by atoms with Gasteiger partial charge in [-0.15, -0.1) is 0 Å². The van der Waals surface area contributed by atoms with Crippen LogP contribution in [0.25, 0.3) is 0 Å². The van der Waals surface area contributed by atoms with Gasteiger partial charge in [0.25, 0.3) is 0 Å². The lowest BCUT2D eigenvalue weighted by Gasteiger charge is -2.22. The monoisotopic (exact) mass is 484 g/mol. The van der Waals surface area contributed by atoms with Gasteiger partial charge in [-0.3, -0.25) is 14.4 Å². The van der Waals surface area contributed by atoms with Crippen molar-refractivity contribution in [3.05, 3.63) is 53.6 Å². The molecule has 0 saturated heterocycles. The standard InChI is InChI=1S/C26H32N2O7/c1-16(2)10-19(26(32)27-14-17-4-7-20(33-3)8-5-17)12-24(29)28-21(13-25(30)31)18-6-9-22-23(11-18)35-15-34-22/h4-9,11,16,19,21H,10,12-15H2,1-3H3,(H,27,32)(H,28,29)(H,30,31)/t19?,21-/m0/s1. The minimum atomic E-state index is -1.05. The Hall–Kier alpha value is -3.75. The molecule has 0 aromatic heterocycles. The number of aliphatic carboxylic acids is 1. The molecule has 0 saturated carbocycles. The topological polar surface area (TPSA) is 123 Å². The van der Waals surface area contributed by atoms with Crippen LogP contribution < -0.4 is 24.8 Å². The van der Waals surface area contributed by atoms with E-state index >= 15 is 0 Å². The number of benzene rings is 2. The number of hydrogen-bond acceptors (Lipinski definition) is 6. The van der Waals surface area contributed by atoms with Gasteiger partial charge in [0.2, 0.25) is 18.6 Å². The molecule has 2 aromatic rings. The maximum atomic E-state index is 12.9. The van der Waals surface area contributed by atoms with Crippen molar-refractivity contribution in [2.75, 3.05) is 13.9 Å². The quantitative estimate of drug-likeness (QED) is 0.422. The highest BCUT2D eigenvalue weighted by atomic mass is 16.7. The van der Waals surface area contributed by atoms with Gasteiger partial charge in [0, 0.05) is 18.9 Å². The zero-order valence-corrected chi connectivity index (χ0v) is 20.2. The van der Waals surface area contributed by atoms with Gasteiger partial charge in [-0.05, 0) is 47.7 Å². The zero-order valence-electron chi connectivity index (χ0n) is 20.2. The molecule has 1 aliphatic heterocycles. The van der Waals surface area contributed by atoms with E-state index in [1.165, 1.54) is 0 Å². The normalized spacial score (nSPS) is 13.7. The van der Waals surface area contributed by atoms with Gasteiger partial charge >= 0.3 is 5.97 Å². The second-order valence-corrected chi connectivity index (χ2v) is 8.93. The first kappa shape index (κ1) is 25.9. The molecular formula is C26H32N2O7. The van der Waals surface area contributed by atoms with Gasteiger partial charge in [0.1, 0.15) is 5.75 Å². The van der Waals surface area contributed by atoms with Gasteiger partial charge in [-0.25, -0.2) is 0 Å². The van der Waals surface area contributed by atoms with E-state index in [1.807, 2.05) is 38.1 Å². The number of methoxy groups -OCH3 is 1. The Morgan fingerprint density at radius 2 is 1.74 bits per heavy atom. The van der Waals surface area contributed by atoms with Gasteiger partial charge in [0.15, 0.2) is 11.5 Å². The largest absolute Gasteiger partial charge is 0.497 e. The minimum Gasteiger partial charge on any atom is -0.497 e. The molecule has 2 aromatic carbocycles. The van der Waals surface area contributed by atoms with Crippen molar-refractivity contribution in [1.82, 2.24) is 10.6 Å². The number of amides is 2. The Kier molecular flexibility index (Phi) is 8.94. The van der Waals surface area contributed by atoms with E-state index < -0.39 is 17.9 Å². The van der Waals surface area contributed by atoms with Crippen LogP contribution in [0.2, 0.25) is 0 Å². The fourth-order valence-corrected chi connectivity index (χ4v) is 3.96. The van der Waals surface area contributed by atoms with Crippen LogP contribution in [0.15, 0.2) is 42.5 Å². The molecule has 0 bridgehead atoms. The lowest BCUT2D eigenvalue weighted by atomic mass is 9.92. The summed E-state index contributed by atoms with van der Waals surface area (Å²) in [5.74, 6) is -0.209. The summed E-state index contributed by atoms with van der Waals surface area (Å²) >= 11 is 0. The third-order valence-corrected chi connectivity index (χ3v) is 5.70. The van der Waals surface area contributed by atoms with Crippen LogP contribution in [0.4, 0.5) is 0 Å². The Labute approximate surface area is 204 Å². The van der Waals surface area contributed by atoms with Crippen molar-refractivity contribution < 1.29 is 33.7 Å². The molecule has 35 heavy (non-hydrogen) atoms. The van der Waals surface area contributed by atoms with Crippen LogP contribution in [0.1, 0.15) is 50.3 Å². The molecule has 1 aliphatic rings. The molecule has 1 heterocycles. The van der Waals surface area contributed by atoms with Crippen molar-refractivity contribution >= 4 is 17.8 Å². The van der Waals surface area contributed by atoms with Gasteiger partial charge in [0.05, 0.1) is 19.6 Å². The number of nitrogens with one attached hydrogen (secondary N) is 2. The maximum absolute atomic E-state index is 12.9. The molecule has 0 spiro atoms. The van der Waals surface area contributed by atoms with Gasteiger partial charge in [-0.1, -0.05) is 32.0 Å². The molecular weight excluding hydrogens is 452 g/mol. The van der Waals surface area contributed by atoms with E-state index in [0.29, 0.717) is 30.0 Å². The number of carbonyl (C=O) groups is 3. The Morgan fingerprint density at radius 1 is 1.03 bits per heavy atom. The molecule has 3 N–H and O–H groups in total. The second-order valence-electron chi connectivity index (χ2n) is 8.93. The van der Waals surface area contributed by atoms with Crippen molar-refractivity contribution in [3.63, 3.8) is 0 Å². The Bertz CT molecular complexity index is 1040. The first-order valence-corrected chi connectivity index (χ1v) is 11.6. The smallest absolute Gasteiger partial charge is 0.305 e. The Balaban J connectivity index is 1.64. The number of carbonyl (C=O) groups excluding carboxylic acids is 2. The van der Waals surface area contributed by atoms with Crippen molar-refractivity contribution in [3.8, 4) is 17.2 Å². The van der Waals surface area contributed by atoms with E-state index in [9.17, 15) is 19.5 Å². The molecule has 0 aliphatic carbocycles. The first-order valence-electron chi connectivity index (χ1n) is 11.6. The van der Waals surface area contributed by atoms with E-state index in [-0.39, 0.29) is 37.4 Å². The SMILES string of the molecule is COc1ccc(CNC(=O)C(CC(=O)N[C@@H](CC(=O)O)c2ccc3c(c2)OCO3)CC(C)C)cc1. The molecule has 2 atom stereocenters. The summed E-state index contributed by atoms with van der Waals surface area (Å²) in [4.78, 5) is 37.3. The van der Waals surface area contributed by atoms with Crippen molar-refractivity contribution in [2.45, 2.75) is 45.7 Å². The molecule has 3 rings (SSSR count). The summed E-state index contributed by atoms with van der Waals surface area (Å²) in [5.41, 5.74) is 1.51. The summed E-state index contributed by atoms with van der Waals surface area (Å²) in [7, 11) is 1.59. The third kappa shape index (κ3) is 7.63. The number of rotatable bonds is 12. The van der Waals surface area contributed by atoms with Gasteiger partial charge < -0.3 is 30.0 Å². The Morgan fingerprint density at radius 3 is 2.40 bits per heavy atom. The fourth-order valence-electron chi connectivity index (χ4n) is 3.96. The van der Waals surface area contributed by atoms with Crippen molar-refractivity contribution in [1.29, 1.82) is 0 Å². The zero-order chi connectivity index (χ0) is 25.4. The lowest BCUT2D eigenvalue weighted by molar-refractivity contribution is -0.138. The van der Waals surface area contributed by atoms with E-state index in [2.05, 4.69) is 10.6 Å². The first-order chi connectivity index (χ1) is 16.7. The molecule has 2 amide bonds. The average Bonchev–Trinajstić information content (AvgIpc) is 3.29. The van der Waals surface area contributed by atoms with Gasteiger partial charge in [-0.2, -0.15) is 0 Å². The number of ether oxygens (including phenoxy) is 3. The minimum absolute atomic E-state index is 0.0483. The van der Waals surface area contributed by atoms with Crippen LogP contribution in [0.3, 0.4) is 0 Å². The maximum Gasteiger partial charge on any atom is 0.305 e. The van der Waals surface area contributed by atoms with Crippen LogP contribution >= 0.6 is 0 Å². The highest BCUT2D eigenvalue weighted by Gasteiger charge is 2.26. The van der Waals surface area contributed by atoms with Crippen LogP contribution in [0, 0.1) is 11.8 Å². The molecule has 9 nitrogen and oxygen atoms in total.